The first-order valence-corrected chi connectivity index (χ1v) is 10.5. The Balaban J connectivity index is 1.71. The number of benzene rings is 1. The molecule has 1 saturated carbocycles. The van der Waals surface area contributed by atoms with Gasteiger partial charge in [0.15, 0.2) is 0 Å². The lowest BCUT2D eigenvalue weighted by atomic mass is 9.83. The van der Waals surface area contributed by atoms with Crippen molar-refractivity contribution in [1.29, 1.82) is 0 Å². The van der Waals surface area contributed by atoms with E-state index in [0.717, 1.165) is 18.4 Å². The summed E-state index contributed by atoms with van der Waals surface area (Å²) < 4.78 is 5.79. The highest BCUT2D eigenvalue weighted by atomic mass is 16.4. The number of hydrogen-bond donors (Lipinski definition) is 2. The highest BCUT2D eigenvalue weighted by molar-refractivity contribution is 5.88. The average Bonchev–Trinajstić information content (AvgIpc) is 3.42. The van der Waals surface area contributed by atoms with Crippen molar-refractivity contribution in [3.05, 3.63) is 34.9 Å². The summed E-state index contributed by atoms with van der Waals surface area (Å²) in [6, 6.07) is 7.08. The van der Waals surface area contributed by atoms with Gasteiger partial charge in [-0.1, -0.05) is 31.9 Å². The molecule has 1 aliphatic carbocycles. The number of pyridine rings is 1. The molecule has 1 fully saturated rings. The third-order valence-corrected chi connectivity index (χ3v) is 5.50. The number of hydrogen-bond acceptors (Lipinski definition) is 6. The Morgan fingerprint density at radius 3 is 2.62 bits per heavy atom. The summed E-state index contributed by atoms with van der Waals surface area (Å²) in [6.45, 7) is 9.72. The minimum atomic E-state index is -0.00449. The fourth-order valence-electron chi connectivity index (χ4n) is 3.68. The van der Waals surface area contributed by atoms with Gasteiger partial charge < -0.3 is 14.8 Å². The number of fused-ring (bicyclic) bond motifs is 1. The van der Waals surface area contributed by atoms with Crippen LogP contribution in [0.4, 0.5) is 6.01 Å². The lowest BCUT2D eigenvalue weighted by Crippen LogP contribution is -2.13. The standard InChI is InChI=1S/C23H30N4O2/c1-14-11-19(21-26-27-22(29-21)24-9-5-6-10-28)25-20-17(14)12-16(15-7-8-15)13-18(20)23(2,3)4/h11-13,15,28H,5-10H2,1-4H3,(H,24,27). The third-order valence-electron chi connectivity index (χ3n) is 5.50. The van der Waals surface area contributed by atoms with Crippen molar-refractivity contribution < 1.29 is 9.52 Å². The Morgan fingerprint density at radius 1 is 1.14 bits per heavy atom. The lowest BCUT2D eigenvalue weighted by Gasteiger charge is -2.23. The van der Waals surface area contributed by atoms with Gasteiger partial charge in [-0.15, -0.1) is 5.10 Å². The summed E-state index contributed by atoms with van der Waals surface area (Å²) in [5, 5.41) is 21.5. The van der Waals surface area contributed by atoms with Crippen LogP contribution in [0, 0.1) is 6.92 Å². The zero-order valence-electron chi connectivity index (χ0n) is 17.7. The van der Waals surface area contributed by atoms with Gasteiger partial charge >= 0.3 is 6.01 Å². The first kappa shape index (κ1) is 19.8. The van der Waals surface area contributed by atoms with Crippen molar-refractivity contribution in [3.63, 3.8) is 0 Å². The molecule has 29 heavy (non-hydrogen) atoms. The Bertz CT molecular complexity index is 1020. The van der Waals surface area contributed by atoms with Gasteiger partial charge in [-0.05, 0) is 72.8 Å². The van der Waals surface area contributed by atoms with Crippen LogP contribution in [-0.4, -0.2) is 33.4 Å². The molecule has 3 aromatic rings. The maximum atomic E-state index is 8.87. The van der Waals surface area contributed by atoms with E-state index in [1.165, 1.54) is 34.9 Å². The maximum absolute atomic E-state index is 8.87. The molecule has 0 radical (unpaired) electrons. The van der Waals surface area contributed by atoms with Crippen LogP contribution < -0.4 is 5.32 Å². The van der Waals surface area contributed by atoms with Gasteiger partial charge in [0.2, 0.25) is 0 Å². The first-order chi connectivity index (χ1) is 13.9. The van der Waals surface area contributed by atoms with E-state index >= 15 is 0 Å². The summed E-state index contributed by atoms with van der Waals surface area (Å²) in [5.41, 5.74) is 5.60. The van der Waals surface area contributed by atoms with Crippen molar-refractivity contribution >= 4 is 16.9 Å². The van der Waals surface area contributed by atoms with Gasteiger partial charge in [-0.25, -0.2) is 4.98 Å². The molecule has 0 saturated heterocycles. The fourth-order valence-corrected chi connectivity index (χ4v) is 3.68. The van der Waals surface area contributed by atoms with Gasteiger partial charge in [-0.3, -0.25) is 0 Å². The van der Waals surface area contributed by atoms with Crippen LogP contribution in [0.2, 0.25) is 0 Å². The highest BCUT2D eigenvalue weighted by Gasteiger charge is 2.28. The van der Waals surface area contributed by atoms with Crippen LogP contribution in [0.15, 0.2) is 22.6 Å². The molecule has 2 N–H and O–H groups in total. The molecule has 2 heterocycles. The normalized spacial score (nSPS) is 14.5. The van der Waals surface area contributed by atoms with E-state index in [4.69, 9.17) is 14.5 Å². The van der Waals surface area contributed by atoms with E-state index in [2.05, 4.69) is 55.3 Å². The molecular formula is C23H30N4O2. The second-order valence-corrected chi connectivity index (χ2v) is 9.08. The number of aryl methyl sites for hydroxylation is 1. The number of nitrogens with one attached hydrogen (secondary N) is 1. The zero-order valence-corrected chi connectivity index (χ0v) is 17.7. The Kier molecular flexibility index (Phi) is 5.30. The minimum absolute atomic E-state index is 0.00449. The molecule has 1 aromatic carbocycles. The number of anilines is 1. The minimum Gasteiger partial charge on any atom is -0.402 e. The summed E-state index contributed by atoms with van der Waals surface area (Å²) in [5.74, 6) is 1.13. The summed E-state index contributed by atoms with van der Waals surface area (Å²) >= 11 is 0. The second kappa shape index (κ2) is 7.75. The maximum Gasteiger partial charge on any atom is 0.315 e. The van der Waals surface area contributed by atoms with Crippen LogP contribution in [0.3, 0.4) is 0 Å². The summed E-state index contributed by atoms with van der Waals surface area (Å²) in [6.07, 6.45) is 4.17. The van der Waals surface area contributed by atoms with Crippen LogP contribution in [0.5, 0.6) is 0 Å². The molecule has 6 heteroatoms. The van der Waals surface area contributed by atoms with Gasteiger partial charge in [0.05, 0.1) is 5.52 Å². The zero-order chi connectivity index (χ0) is 20.6. The van der Waals surface area contributed by atoms with Crippen LogP contribution in [0.25, 0.3) is 22.5 Å². The molecule has 0 spiro atoms. The van der Waals surface area contributed by atoms with Crippen molar-refractivity contribution in [1.82, 2.24) is 15.2 Å². The van der Waals surface area contributed by atoms with Crippen LogP contribution >= 0.6 is 0 Å². The molecule has 2 aromatic heterocycles. The van der Waals surface area contributed by atoms with Crippen molar-refractivity contribution in [3.8, 4) is 11.6 Å². The molecule has 0 bridgehead atoms. The monoisotopic (exact) mass is 394 g/mol. The van der Waals surface area contributed by atoms with E-state index in [1.54, 1.807) is 0 Å². The van der Waals surface area contributed by atoms with E-state index in [-0.39, 0.29) is 12.0 Å². The van der Waals surface area contributed by atoms with Gasteiger partial charge in [-0.2, -0.15) is 0 Å². The molecule has 0 atom stereocenters. The molecule has 1 aliphatic rings. The van der Waals surface area contributed by atoms with Gasteiger partial charge in [0.1, 0.15) is 5.69 Å². The topological polar surface area (TPSA) is 84.1 Å². The number of aliphatic hydroxyl groups is 1. The molecule has 154 valence electrons. The number of rotatable bonds is 7. The predicted molar refractivity (Wildman–Crippen MR) is 115 cm³/mol. The van der Waals surface area contributed by atoms with E-state index in [0.29, 0.717) is 30.1 Å². The molecule has 0 aliphatic heterocycles. The van der Waals surface area contributed by atoms with Gasteiger partial charge in [0.25, 0.3) is 5.89 Å². The second-order valence-electron chi connectivity index (χ2n) is 9.08. The van der Waals surface area contributed by atoms with Crippen molar-refractivity contribution in [2.45, 2.75) is 64.7 Å². The van der Waals surface area contributed by atoms with Crippen molar-refractivity contribution in [2.24, 2.45) is 0 Å². The van der Waals surface area contributed by atoms with E-state index < -0.39 is 0 Å². The molecule has 0 amide bonds. The SMILES string of the molecule is Cc1cc(-c2nnc(NCCCCO)o2)nc2c(C(C)(C)C)cc(C3CC3)cc12. The smallest absolute Gasteiger partial charge is 0.315 e. The summed E-state index contributed by atoms with van der Waals surface area (Å²) in [7, 11) is 0. The van der Waals surface area contributed by atoms with Crippen molar-refractivity contribution in [2.75, 3.05) is 18.5 Å². The fraction of sp³-hybridized carbons (Fsp3) is 0.522. The summed E-state index contributed by atoms with van der Waals surface area (Å²) in [4.78, 5) is 4.96. The third kappa shape index (κ3) is 4.27. The largest absolute Gasteiger partial charge is 0.402 e. The highest BCUT2D eigenvalue weighted by Crippen LogP contribution is 2.43. The Labute approximate surface area is 171 Å². The molecule has 4 rings (SSSR count). The molecular weight excluding hydrogens is 364 g/mol. The lowest BCUT2D eigenvalue weighted by molar-refractivity contribution is 0.286. The predicted octanol–water partition coefficient (Wildman–Crippen LogP) is 4.95. The van der Waals surface area contributed by atoms with E-state index in [1.807, 2.05) is 6.07 Å². The number of unbranched alkanes of at least 4 members (excludes halogenated alkanes) is 1. The Morgan fingerprint density at radius 2 is 1.93 bits per heavy atom. The van der Waals surface area contributed by atoms with Crippen LogP contribution in [0.1, 0.15) is 69.1 Å². The number of aliphatic hydroxyl groups excluding tert-OH is 1. The number of nitrogens with zero attached hydrogens (tertiary/aromatic N) is 3. The first-order valence-electron chi connectivity index (χ1n) is 10.5. The molecule has 0 unspecified atom stereocenters. The van der Waals surface area contributed by atoms with E-state index in [9.17, 15) is 0 Å². The average molecular weight is 395 g/mol. The van der Waals surface area contributed by atoms with Crippen LogP contribution in [-0.2, 0) is 5.41 Å². The van der Waals surface area contributed by atoms with Gasteiger partial charge in [0, 0.05) is 18.5 Å². The number of aromatic nitrogens is 3. The quantitative estimate of drug-likeness (QED) is 0.552. The Hall–Kier alpha value is -2.47. The molecule has 6 nitrogen and oxygen atoms in total.